The van der Waals surface area contributed by atoms with Crippen molar-refractivity contribution in [3.05, 3.63) is 23.4 Å². The van der Waals surface area contributed by atoms with Gasteiger partial charge in [0, 0.05) is 18.4 Å². The molecule has 0 spiro atoms. The van der Waals surface area contributed by atoms with Gasteiger partial charge in [-0.05, 0) is 5.57 Å². The van der Waals surface area contributed by atoms with Crippen molar-refractivity contribution in [1.82, 2.24) is 9.88 Å². The maximum absolute atomic E-state index is 11.8. The summed E-state index contributed by atoms with van der Waals surface area (Å²) in [4.78, 5) is 28.5. The van der Waals surface area contributed by atoms with Gasteiger partial charge < -0.3 is 15.3 Å². The minimum atomic E-state index is -1.09. The molecule has 1 fully saturated rings. The lowest BCUT2D eigenvalue weighted by atomic mass is 10.0. The topological polar surface area (TPSA) is 110 Å². The maximum Gasteiger partial charge on any atom is 0.352 e. The standard InChI is InChI=1S/C12H13N3O4S2/c1-5-14-2-7(19-5)20-3-6-4-21-11-8(13)10(16)15(11)9(6)12(17)18/h2,8,11H,3-4,13H2,1H3,(H,17,18)/t8?,11-/m1/s1. The van der Waals surface area contributed by atoms with Gasteiger partial charge in [-0.3, -0.25) is 9.69 Å². The predicted octanol–water partition coefficient (Wildman–Crippen LogP) is 0.656. The largest absolute Gasteiger partial charge is 0.477 e. The lowest BCUT2D eigenvalue weighted by Crippen LogP contribution is -2.68. The Hall–Kier alpha value is -1.45. The van der Waals surface area contributed by atoms with Crippen LogP contribution in [-0.4, -0.2) is 49.8 Å². The number of rotatable bonds is 4. The highest BCUT2D eigenvalue weighted by Crippen LogP contribution is 2.40. The second-order valence-corrected chi connectivity index (χ2v) is 6.76. The molecule has 21 heavy (non-hydrogen) atoms. The van der Waals surface area contributed by atoms with Gasteiger partial charge in [-0.1, -0.05) is 11.8 Å². The molecule has 1 saturated heterocycles. The number of nitrogens with two attached hydrogens (primary N) is 1. The van der Waals surface area contributed by atoms with Crippen LogP contribution in [0.3, 0.4) is 0 Å². The summed E-state index contributed by atoms with van der Waals surface area (Å²) >= 11 is 2.86. The van der Waals surface area contributed by atoms with Gasteiger partial charge in [-0.15, -0.1) is 11.8 Å². The van der Waals surface area contributed by atoms with E-state index in [1.165, 1.54) is 28.4 Å². The number of aryl methyl sites for hydroxylation is 1. The second kappa shape index (κ2) is 5.39. The van der Waals surface area contributed by atoms with Crippen LogP contribution in [0.1, 0.15) is 5.89 Å². The molecule has 0 aromatic carbocycles. The summed E-state index contributed by atoms with van der Waals surface area (Å²) in [6, 6.07) is -0.601. The lowest BCUT2D eigenvalue weighted by Gasteiger charge is -2.48. The summed E-state index contributed by atoms with van der Waals surface area (Å²) in [7, 11) is 0. The first-order chi connectivity index (χ1) is 9.99. The zero-order valence-electron chi connectivity index (χ0n) is 11.1. The molecule has 3 heterocycles. The van der Waals surface area contributed by atoms with E-state index in [0.29, 0.717) is 28.1 Å². The van der Waals surface area contributed by atoms with Crippen molar-refractivity contribution >= 4 is 35.4 Å². The number of carboxylic acid groups (broad SMARTS) is 1. The third kappa shape index (κ3) is 2.45. The van der Waals surface area contributed by atoms with E-state index in [4.69, 9.17) is 10.2 Å². The van der Waals surface area contributed by atoms with Crippen molar-refractivity contribution in [1.29, 1.82) is 0 Å². The predicted molar refractivity (Wildman–Crippen MR) is 77.7 cm³/mol. The van der Waals surface area contributed by atoms with Crippen LogP contribution in [0.25, 0.3) is 0 Å². The van der Waals surface area contributed by atoms with Crippen molar-refractivity contribution in [2.45, 2.75) is 23.4 Å². The molecule has 3 rings (SSSR count). The Labute approximate surface area is 128 Å². The van der Waals surface area contributed by atoms with Gasteiger partial charge in [0.2, 0.25) is 5.91 Å². The first kappa shape index (κ1) is 14.5. The summed E-state index contributed by atoms with van der Waals surface area (Å²) in [5, 5.41) is 9.76. The van der Waals surface area contributed by atoms with Gasteiger partial charge in [0.25, 0.3) is 0 Å². The van der Waals surface area contributed by atoms with E-state index in [9.17, 15) is 14.7 Å². The van der Waals surface area contributed by atoms with Crippen LogP contribution >= 0.6 is 23.5 Å². The molecule has 1 unspecified atom stereocenters. The number of fused-ring (bicyclic) bond motifs is 1. The smallest absolute Gasteiger partial charge is 0.352 e. The Morgan fingerprint density at radius 3 is 3.10 bits per heavy atom. The van der Waals surface area contributed by atoms with E-state index >= 15 is 0 Å². The number of carboxylic acids is 1. The summed E-state index contributed by atoms with van der Waals surface area (Å²) < 4.78 is 5.34. The first-order valence-corrected chi connectivity index (χ1v) is 8.23. The van der Waals surface area contributed by atoms with Crippen LogP contribution in [-0.2, 0) is 9.59 Å². The van der Waals surface area contributed by atoms with Crippen LogP contribution in [0.4, 0.5) is 0 Å². The maximum atomic E-state index is 11.8. The molecule has 1 aromatic heterocycles. The Morgan fingerprint density at radius 2 is 2.48 bits per heavy atom. The Bertz CT molecular complexity index is 642. The summed E-state index contributed by atoms with van der Waals surface area (Å²) in [5.74, 6) is 0.123. The molecular formula is C12H13N3O4S2. The normalized spacial score (nSPS) is 24.9. The van der Waals surface area contributed by atoms with E-state index in [1.54, 1.807) is 13.1 Å². The number of thioether (sulfide) groups is 2. The Balaban J connectivity index is 1.81. The molecule has 7 nitrogen and oxygen atoms in total. The molecule has 0 aliphatic carbocycles. The Morgan fingerprint density at radius 1 is 1.71 bits per heavy atom. The van der Waals surface area contributed by atoms with Gasteiger partial charge >= 0.3 is 5.97 Å². The number of amides is 1. The molecule has 0 saturated carbocycles. The molecule has 112 valence electrons. The van der Waals surface area contributed by atoms with Gasteiger partial charge in [0.05, 0.1) is 6.20 Å². The third-order valence-electron chi connectivity index (χ3n) is 3.28. The van der Waals surface area contributed by atoms with Crippen LogP contribution < -0.4 is 5.73 Å². The molecule has 1 amide bonds. The van der Waals surface area contributed by atoms with Crippen molar-refractivity contribution in [2.75, 3.05) is 11.5 Å². The van der Waals surface area contributed by atoms with Crippen LogP contribution in [0, 0.1) is 6.92 Å². The average molecular weight is 327 g/mol. The summed E-state index contributed by atoms with van der Waals surface area (Å²) in [5.41, 5.74) is 6.46. The number of β-lactam (4-membered cyclic amide) rings is 1. The number of hydrogen-bond donors (Lipinski definition) is 2. The first-order valence-electron chi connectivity index (χ1n) is 6.20. The van der Waals surface area contributed by atoms with E-state index in [2.05, 4.69) is 4.98 Å². The molecule has 0 bridgehead atoms. The zero-order valence-corrected chi connectivity index (χ0v) is 12.7. The summed E-state index contributed by atoms with van der Waals surface area (Å²) in [6.45, 7) is 1.74. The van der Waals surface area contributed by atoms with Crippen molar-refractivity contribution in [2.24, 2.45) is 5.73 Å². The number of carbonyl (C=O) groups excluding carboxylic acids is 1. The second-order valence-electron chi connectivity index (χ2n) is 4.68. The third-order valence-corrected chi connectivity index (χ3v) is 5.61. The van der Waals surface area contributed by atoms with Crippen molar-refractivity contribution < 1.29 is 19.1 Å². The van der Waals surface area contributed by atoms with Crippen LogP contribution in [0.5, 0.6) is 0 Å². The number of aliphatic carboxylic acids is 1. The molecule has 1 aromatic rings. The molecular weight excluding hydrogens is 314 g/mol. The summed E-state index contributed by atoms with van der Waals surface area (Å²) in [6.07, 6.45) is 1.60. The van der Waals surface area contributed by atoms with E-state index in [-0.39, 0.29) is 17.0 Å². The molecule has 3 N–H and O–H groups in total. The molecule has 2 atom stereocenters. The SMILES string of the molecule is Cc1ncc(SCC2=C(C(=O)O)N3C(=O)C(N)[C@H]3SC2)o1. The van der Waals surface area contributed by atoms with E-state index in [0.717, 1.165) is 0 Å². The van der Waals surface area contributed by atoms with Crippen LogP contribution in [0.2, 0.25) is 0 Å². The molecule has 9 heteroatoms. The quantitative estimate of drug-likeness (QED) is 0.613. The van der Waals surface area contributed by atoms with Gasteiger partial charge in [0.15, 0.2) is 11.0 Å². The van der Waals surface area contributed by atoms with Crippen molar-refractivity contribution in [3.63, 3.8) is 0 Å². The Kier molecular flexibility index (Phi) is 3.72. The van der Waals surface area contributed by atoms with E-state index < -0.39 is 12.0 Å². The highest BCUT2D eigenvalue weighted by molar-refractivity contribution is 8.01. The van der Waals surface area contributed by atoms with Crippen molar-refractivity contribution in [3.8, 4) is 0 Å². The van der Waals surface area contributed by atoms with E-state index in [1.807, 2.05) is 0 Å². The number of aromatic nitrogens is 1. The molecule has 2 aliphatic heterocycles. The number of oxazole rings is 1. The number of carbonyl (C=O) groups is 2. The fourth-order valence-corrected chi connectivity index (χ4v) is 4.54. The highest BCUT2D eigenvalue weighted by Gasteiger charge is 2.51. The average Bonchev–Trinajstić information content (AvgIpc) is 2.88. The van der Waals surface area contributed by atoms with Gasteiger partial charge in [0.1, 0.15) is 17.1 Å². The van der Waals surface area contributed by atoms with Gasteiger partial charge in [-0.25, -0.2) is 9.78 Å². The number of nitrogens with zero attached hydrogens (tertiary/aromatic N) is 2. The monoisotopic (exact) mass is 327 g/mol. The number of hydrogen-bond acceptors (Lipinski definition) is 7. The lowest BCUT2D eigenvalue weighted by molar-refractivity contribution is -0.147. The van der Waals surface area contributed by atoms with Crippen LogP contribution in [0.15, 0.2) is 27.0 Å². The minimum absolute atomic E-state index is 0.0641. The molecule has 2 aliphatic rings. The fraction of sp³-hybridized carbons (Fsp3) is 0.417. The van der Waals surface area contributed by atoms with Gasteiger partial charge in [-0.2, -0.15) is 0 Å². The molecule has 0 radical (unpaired) electrons. The fourth-order valence-electron chi connectivity index (χ4n) is 2.26. The highest BCUT2D eigenvalue weighted by atomic mass is 32.2. The zero-order chi connectivity index (χ0) is 15.1. The minimum Gasteiger partial charge on any atom is -0.477 e.